The number of Topliss-reactive ketones (excluding diaryl/α,β-unsaturated/α-hetero) is 1. The fourth-order valence-electron chi connectivity index (χ4n) is 4.44. The van der Waals surface area contributed by atoms with Crippen LogP contribution in [-0.2, 0) is 4.79 Å². The first-order valence-electron chi connectivity index (χ1n) is 7.07. The van der Waals surface area contributed by atoms with Crippen molar-refractivity contribution in [1.29, 1.82) is 0 Å². The fraction of sp³-hybridized carbons (Fsp3) is 0.933. The Bertz CT molecular complexity index is 306. The average Bonchev–Trinajstić information content (AvgIpc) is 2.62. The van der Waals surface area contributed by atoms with Gasteiger partial charge in [0, 0.05) is 5.92 Å². The number of rotatable bonds is 2. The van der Waals surface area contributed by atoms with Gasteiger partial charge in [-0.3, -0.25) is 4.79 Å². The van der Waals surface area contributed by atoms with Crippen LogP contribution in [-0.4, -0.2) is 16.5 Å². The van der Waals surface area contributed by atoms with Crippen molar-refractivity contribution in [1.82, 2.24) is 0 Å². The minimum absolute atomic E-state index is 0.208. The molecule has 2 rings (SSSR count). The minimum atomic E-state index is -0.541. The zero-order chi connectivity index (χ0) is 12.8. The number of aliphatic hydroxyl groups is 1. The molecular weight excluding hydrogens is 212 g/mol. The van der Waals surface area contributed by atoms with E-state index in [2.05, 4.69) is 13.8 Å². The Morgan fingerprint density at radius 1 is 1.29 bits per heavy atom. The second kappa shape index (κ2) is 4.38. The third kappa shape index (κ3) is 2.16. The van der Waals surface area contributed by atoms with Gasteiger partial charge in [-0.15, -0.1) is 0 Å². The molecule has 0 aliphatic heterocycles. The first kappa shape index (κ1) is 13.1. The molecule has 0 spiro atoms. The van der Waals surface area contributed by atoms with E-state index >= 15 is 0 Å². The highest BCUT2D eigenvalue weighted by molar-refractivity contribution is 5.79. The molecule has 2 aliphatic carbocycles. The number of fused-ring (bicyclic) bond motifs is 1. The molecule has 0 aromatic heterocycles. The highest BCUT2D eigenvalue weighted by atomic mass is 16.3. The maximum absolute atomic E-state index is 11.8. The third-order valence-electron chi connectivity index (χ3n) is 5.37. The summed E-state index contributed by atoms with van der Waals surface area (Å²) in [4.78, 5) is 11.8. The molecule has 2 nitrogen and oxygen atoms in total. The molecule has 17 heavy (non-hydrogen) atoms. The maximum Gasteiger partial charge on any atom is 0.133 e. The van der Waals surface area contributed by atoms with E-state index < -0.39 is 5.60 Å². The number of carbonyl (C=O) groups excluding carboxylic acids is 1. The van der Waals surface area contributed by atoms with Crippen LogP contribution < -0.4 is 0 Å². The Balaban J connectivity index is 2.28. The van der Waals surface area contributed by atoms with Gasteiger partial charge in [-0.05, 0) is 63.2 Å². The van der Waals surface area contributed by atoms with Crippen molar-refractivity contribution < 1.29 is 9.90 Å². The van der Waals surface area contributed by atoms with Crippen LogP contribution >= 0.6 is 0 Å². The van der Waals surface area contributed by atoms with E-state index in [-0.39, 0.29) is 5.92 Å². The summed E-state index contributed by atoms with van der Waals surface area (Å²) in [6, 6.07) is 0. The lowest BCUT2D eigenvalue weighted by Crippen LogP contribution is -2.47. The van der Waals surface area contributed by atoms with Gasteiger partial charge in [0.15, 0.2) is 0 Å². The smallest absolute Gasteiger partial charge is 0.133 e. The Labute approximate surface area is 105 Å². The molecule has 2 heteroatoms. The third-order valence-corrected chi connectivity index (χ3v) is 5.37. The van der Waals surface area contributed by atoms with Gasteiger partial charge >= 0.3 is 0 Å². The second-order valence-electron chi connectivity index (χ2n) is 6.78. The molecule has 2 saturated carbocycles. The first-order valence-corrected chi connectivity index (χ1v) is 7.07. The molecule has 0 saturated heterocycles. The van der Waals surface area contributed by atoms with Crippen LogP contribution in [0.4, 0.5) is 0 Å². The zero-order valence-corrected chi connectivity index (χ0v) is 11.6. The first-order chi connectivity index (χ1) is 7.84. The predicted molar refractivity (Wildman–Crippen MR) is 68.6 cm³/mol. The summed E-state index contributed by atoms with van der Waals surface area (Å²) in [5.74, 6) is 2.56. The number of carbonyl (C=O) groups is 1. The van der Waals surface area contributed by atoms with E-state index in [9.17, 15) is 9.90 Å². The number of hydrogen-bond donors (Lipinski definition) is 1. The lowest BCUT2D eigenvalue weighted by atomic mass is 9.61. The van der Waals surface area contributed by atoms with Gasteiger partial charge in [-0.1, -0.05) is 13.8 Å². The topological polar surface area (TPSA) is 37.3 Å². The Kier molecular flexibility index (Phi) is 3.37. The van der Waals surface area contributed by atoms with Crippen molar-refractivity contribution >= 4 is 5.78 Å². The highest BCUT2D eigenvalue weighted by Crippen LogP contribution is 2.54. The van der Waals surface area contributed by atoms with Crippen LogP contribution in [0.2, 0.25) is 0 Å². The van der Waals surface area contributed by atoms with Crippen molar-refractivity contribution in [3.05, 3.63) is 0 Å². The monoisotopic (exact) mass is 238 g/mol. The van der Waals surface area contributed by atoms with Crippen LogP contribution in [0.5, 0.6) is 0 Å². The molecule has 98 valence electrons. The minimum Gasteiger partial charge on any atom is -0.390 e. The maximum atomic E-state index is 11.8. The second-order valence-corrected chi connectivity index (χ2v) is 6.78. The average molecular weight is 238 g/mol. The SMILES string of the molecule is CC(=O)C1CCC2C1C(C(C)C)CC[C@]2(C)O. The van der Waals surface area contributed by atoms with Gasteiger partial charge in [-0.2, -0.15) is 0 Å². The molecule has 0 amide bonds. The Morgan fingerprint density at radius 3 is 2.47 bits per heavy atom. The fourth-order valence-corrected chi connectivity index (χ4v) is 4.44. The highest BCUT2D eigenvalue weighted by Gasteiger charge is 2.53. The van der Waals surface area contributed by atoms with E-state index in [0.29, 0.717) is 29.5 Å². The van der Waals surface area contributed by atoms with Crippen LogP contribution in [0.25, 0.3) is 0 Å². The van der Waals surface area contributed by atoms with Crippen LogP contribution in [0.3, 0.4) is 0 Å². The Morgan fingerprint density at radius 2 is 1.94 bits per heavy atom. The number of hydrogen-bond acceptors (Lipinski definition) is 2. The van der Waals surface area contributed by atoms with Crippen molar-refractivity contribution in [2.24, 2.45) is 29.6 Å². The van der Waals surface area contributed by atoms with Gasteiger partial charge < -0.3 is 5.11 Å². The summed E-state index contributed by atoms with van der Waals surface area (Å²) in [7, 11) is 0. The summed E-state index contributed by atoms with van der Waals surface area (Å²) in [6.45, 7) is 8.23. The van der Waals surface area contributed by atoms with Gasteiger partial charge in [0.25, 0.3) is 0 Å². The van der Waals surface area contributed by atoms with E-state index in [1.54, 1.807) is 6.92 Å². The molecule has 0 aromatic carbocycles. The largest absolute Gasteiger partial charge is 0.390 e. The summed E-state index contributed by atoms with van der Waals surface area (Å²) in [6.07, 6.45) is 4.01. The van der Waals surface area contributed by atoms with E-state index in [1.807, 2.05) is 6.92 Å². The normalized spacial score (nSPS) is 46.0. The lowest BCUT2D eigenvalue weighted by molar-refractivity contribution is -0.127. The van der Waals surface area contributed by atoms with Crippen LogP contribution in [0, 0.1) is 29.6 Å². The van der Waals surface area contributed by atoms with Crippen molar-refractivity contribution in [2.75, 3.05) is 0 Å². The molecule has 5 atom stereocenters. The number of ketones is 1. The molecule has 2 aliphatic rings. The van der Waals surface area contributed by atoms with Gasteiger partial charge in [0.2, 0.25) is 0 Å². The summed E-state index contributed by atoms with van der Waals surface area (Å²) in [5, 5.41) is 10.5. The summed E-state index contributed by atoms with van der Waals surface area (Å²) < 4.78 is 0. The molecule has 4 unspecified atom stereocenters. The summed E-state index contributed by atoms with van der Waals surface area (Å²) >= 11 is 0. The molecule has 1 N–H and O–H groups in total. The van der Waals surface area contributed by atoms with Crippen LogP contribution in [0.1, 0.15) is 53.4 Å². The van der Waals surface area contributed by atoms with Crippen molar-refractivity contribution in [3.63, 3.8) is 0 Å². The van der Waals surface area contributed by atoms with Crippen molar-refractivity contribution in [2.45, 2.75) is 59.0 Å². The molecule has 0 heterocycles. The van der Waals surface area contributed by atoms with Gasteiger partial charge in [0.1, 0.15) is 5.78 Å². The molecule has 0 aromatic rings. The van der Waals surface area contributed by atoms with Crippen LogP contribution in [0.15, 0.2) is 0 Å². The van der Waals surface area contributed by atoms with Gasteiger partial charge in [0.05, 0.1) is 5.60 Å². The lowest BCUT2D eigenvalue weighted by Gasteiger charge is -2.46. The molecule has 0 radical (unpaired) electrons. The summed E-state index contributed by atoms with van der Waals surface area (Å²) in [5.41, 5.74) is -0.541. The molecule has 2 fully saturated rings. The van der Waals surface area contributed by atoms with E-state index in [0.717, 1.165) is 25.7 Å². The molecule has 0 bridgehead atoms. The zero-order valence-electron chi connectivity index (χ0n) is 11.6. The van der Waals surface area contributed by atoms with Gasteiger partial charge in [-0.25, -0.2) is 0 Å². The van der Waals surface area contributed by atoms with E-state index in [4.69, 9.17) is 0 Å². The predicted octanol–water partition coefficient (Wildman–Crippen LogP) is 3.03. The quantitative estimate of drug-likeness (QED) is 0.803. The standard InChI is InChI=1S/C15H26O2/c1-9(2)11-7-8-15(4,17)13-6-5-12(10(3)16)14(11)13/h9,11-14,17H,5-8H2,1-4H3/t11?,12?,13?,14?,15-/m0/s1. The van der Waals surface area contributed by atoms with E-state index in [1.165, 1.54) is 0 Å². The Hall–Kier alpha value is -0.370. The molecular formula is C15H26O2. The van der Waals surface area contributed by atoms with Crippen molar-refractivity contribution in [3.8, 4) is 0 Å².